The van der Waals surface area contributed by atoms with Crippen LogP contribution in [0.15, 0.2) is 72.3 Å². The van der Waals surface area contributed by atoms with Crippen LogP contribution in [-0.4, -0.2) is 48.7 Å². The van der Waals surface area contributed by atoms with E-state index >= 15 is 0 Å². The highest BCUT2D eigenvalue weighted by Crippen LogP contribution is 2.61. The van der Waals surface area contributed by atoms with E-state index in [4.69, 9.17) is 21.1 Å². The first-order chi connectivity index (χ1) is 24.3. The monoisotopic (exact) mass is 712 g/mol. The van der Waals surface area contributed by atoms with Gasteiger partial charge in [-0.25, -0.2) is 9.29 Å². The second-order valence-corrected chi connectivity index (χ2v) is 14.0. The Hall–Kier alpha value is -5.29. The average molecular weight is 713 g/mol. The zero-order valence-electron chi connectivity index (χ0n) is 28.2. The summed E-state index contributed by atoms with van der Waals surface area (Å²) in [6.07, 6.45) is 5.84. The zero-order chi connectivity index (χ0) is 36.5. The fourth-order valence-electron chi connectivity index (χ4n) is 8.41. The lowest BCUT2D eigenvalue weighted by Gasteiger charge is -2.47. The fourth-order valence-corrected chi connectivity index (χ4v) is 8.58. The van der Waals surface area contributed by atoms with E-state index in [9.17, 15) is 33.5 Å². The van der Waals surface area contributed by atoms with Crippen LogP contribution < -0.4 is 19.3 Å². The number of Topliss-reactive ketones (excluding diaryl/α,β-unsaturated/α-hetero) is 1. The Balaban J connectivity index is 1.33. The summed E-state index contributed by atoms with van der Waals surface area (Å²) in [6.45, 7) is 3.16. The molecule has 2 saturated heterocycles. The number of hydrogen-bond acceptors (Lipinski definition) is 8. The van der Waals surface area contributed by atoms with E-state index in [2.05, 4.69) is 0 Å². The van der Waals surface area contributed by atoms with Gasteiger partial charge in [0.05, 0.1) is 53.8 Å². The van der Waals surface area contributed by atoms with Crippen molar-refractivity contribution in [3.8, 4) is 17.2 Å². The van der Waals surface area contributed by atoms with Crippen LogP contribution in [0.25, 0.3) is 6.08 Å². The number of carbonyl (C=O) groups excluding carboxylic acids is 5. The second kappa shape index (κ2) is 12.5. The van der Waals surface area contributed by atoms with Gasteiger partial charge in [0.25, 0.3) is 0 Å². The maximum absolute atomic E-state index is 14.5. The fraction of sp³-hybridized carbons (Fsp3) is 0.308. The smallest absolute Gasteiger partial charge is 0.241 e. The van der Waals surface area contributed by atoms with Crippen LogP contribution in [0.3, 0.4) is 0 Å². The van der Waals surface area contributed by atoms with Gasteiger partial charge < -0.3 is 14.6 Å². The van der Waals surface area contributed by atoms with E-state index < -0.39 is 58.5 Å². The minimum atomic E-state index is -1.33. The number of anilines is 2. The minimum Gasteiger partial charge on any atom is -0.502 e. The molecule has 4 aliphatic rings. The van der Waals surface area contributed by atoms with Crippen molar-refractivity contribution < 1.29 is 42.9 Å². The summed E-state index contributed by atoms with van der Waals surface area (Å²) in [7, 11) is 2.81. The maximum Gasteiger partial charge on any atom is 0.241 e. The summed E-state index contributed by atoms with van der Waals surface area (Å²) in [6, 6.07) is 13.2. The summed E-state index contributed by atoms with van der Waals surface area (Å²) >= 11 is 6.09. The van der Waals surface area contributed by atoms with Gasteiger partial charge in [-0.1, -0.05) is 35.4 Å². The average Bonchev–Trinajstić information content (AvgIpc) is 3.48. The summed E-state index contributed by atoms with van der Waals surface area (Å²) in [5.74, 6) is -6.14. The summed E-state index contributed by atoms with van der Waals surface area (Å²) in [5.41, 5.74) is 0.932. The Labute approximate surface area is 298 Å². The molecular formula is C39H34ClFN2O8. The van der Waals surface area contributed by atoms with E-state index in [1.165, 1.54) is 33.3 Å². The van der Waals surface area contributed by atoms with E-state index in [0.717, 1.165) is 21.4 Å². The van der Waals surface area contributed by atoms with Crippen molar-refractivity contribution in [3.63, 3.8) is 0 Å². The second-order valence-electron chi connectivity index (χ2n) is 13.6. The van der Waals surface area contributed by atoms with Gasteiger partial charge in [-0.3, -0.25) is 28.9 Å². The predicted molar refractivity (Wildman–Crippen MR) is 186 cm³/mol. The number of methoxy groups -OCH3 is 2. The Morgan fingerprint density at radius 3 is 2.18 bits per heavy atom. The lowest BCUT2D eigenvalue weighted by Crippen LogP contribution is -2.49. The zero-order valence-corrected chi connectivity index (χ0v) is 28.9. The highest BCUT2D eigenvalue weighted by atomic mass is 35.5. The lowest BCUT2D eigenvalue weighted by molar-refractivity contribution is -0.132. The molecule has 10 nitrogen and oxygen atoms in total. The SMILES string of the molecule is COc1cc(C=CC2C3=CCC4C(=O)N(c5ccc(C(C)=O)cc5)C(=O)C4C3CC3C(=O)N(c4ccc(F)c(Cl)c4)C(=O)C23C)cc(OC)c1O. The topological polar surface area (TPSA) is 131 Å². The molecule has 2 aliphatic heterocycles. The Morgan fingerprint density at radius 2 is 1.57 bits per heavy atom. The number of imide groups is 2. The number of aromatic hydroxyl groups is 1. The number of ketones is 1. The summed E-state index contributed by atoms with van der Waals surface area (Å²) < 4.78 is 24.8. The van der Waals surface area contributed by atoms with Crippen molar-refractivity contribution in [2.75, 3.05) is 24.0 Å². The van der Waals surface area contributed by atoms with E-state index in [0.29, 0.717) is 16.8 Å². The third kappa shape index (κ3) is 5.16. The first kappa shape index (κ1) is 34.2. The maximum atomic E-state index is 14.5. The molecule has 3 fully saturated rings. The number of amides is 4. The summed E-state index contributed by atoms with van der Waals surface area (Å²) in [4.78, 5) is 71.1. The largest absolute Gasteiger partial charge is 0.502 e. The molecule has 6 unspecified atom stereocenters. The molecule has 4 amide bonds. The van der Waals surface area contributed by atoms with Crippen LogP contribution >= 0.6 is 11.6 Å². The number of hydrogen-bond donors (Lipinski definition) is 1. The van der Waals surface area contributed by atoms with E-state index in [-0.39, 0.29) is 52.5 Å². The van der Waals surface area contributed by atoms with Crippen molar-refractivity contribution in [1.29, 1.82) is 0 Å². The summed E-state index contributed by atoms with van der Waals surface area (Å²) in [5, 5.41) is 10.2. The molecule has 1 saturated carbocycles. The molecule has 0 aromatic heterocycles. The van der Waals surface area contributed by atoms with Crippen molar-refractivity contribution in [3.05, 3.63) is 94.3 Å². The van der Waals surface area contributed by atoms with Gasteiger partial charge in [0.2, 0.25) is 29.4 Å². The molecule has 3 aromatic rings. The van der Waals surface area contributed by atoms with Crippen LogP contribution in [0, 0.1) is 40.8 Å². The molecule has 51 heavy (non-hydrogen) atoms. The lowest BCUT2D eigenvalue weighted by atomic mass is 9.52. The molecule has 1 N–H and O–H groups in total. The molecule has 7 rings (SSSR count). The molecule has 6 atom stereocenters. The molecular weight excluding hydrogens is 679 g/mol. The number of benzene rings is 3. The van der Waals surface area contributed by atoms with Gasteiger partial charge in [-0.05, 0) is 92.8 Å². The first-order valence-corrected chi connectivity index (χ1v) is 16.8. The first-order valence-electron chi connectivity index (χ1n) is 16.5. The van der Waals surface area contributed by atoms with Crippen molar-refractivity contribution in [2.24, 2.45) is 35.0 Å². The molecule has 12 heteroatoms. The van der Waals surface area contributed by atoms with Crippen LogP contribution in [0.5, 0.6) is 17.2 Å². The molecule has 0 spiro atoms. The Bertz CT molecular complexity index is 2070. The molecule has 0 bridgehead atoms. The van der Waals surface area contributed by atoms with Gasteiger partial charge in [0, 0.05) is 11.5 Å². The normalized spacial score (nSPS) is 27.0. The Kier molecular flexibility index (Phi) is 8.37. The van der Waals surface area contributed by atoms with Gasteiger partial charge in [-0.2, -0.15) is 0 Å². The Morgan fingerprint density at radius 1 is 0.922 bits per heavy atom. The number of carbonyl (C=O) groups is 5. The molecule has 2 aliphatic carbocycles. The molecule has 262 valence electrons. The van der Waals surface area contributed by atoms with Gasteiger partial charge in [0.1, 0.15) is 5.82 Å². The van der Waals surface area contributed by atoms with Crippen molar-refractivity contribution in [2.45, 2.75) is 26.7 Å². The third-order valence-electron chi connectivity index (χ3n) is 11.0. The van der Waals surface area contributed by atoms with Crippen LogP contribution in [0.1, 0.15) is 42.6 Å². The highest BCUT2D eigenvalue weighted by molar-refractivity contribution is 6.32. The van der Waals surface area contributed by atoms with E-state index in [1.807, 2.05) is 12.2 Å². The van der Waals surface area contributed by atoms with Gasteiger partial charge in [0.15, 0.2) is 17.3 Å². The number of allylic oxidation sites excluding steroid dienone is 3. The van der Waals surface area contributed by atoms with Crippen LogP contribution in [-0.2, 0) is 19.2 Å². The molecule has 2 heterocycles. The number of phenols is 1. The highest BCUT2D eigenvalue weighted by Gasteiger charge is 2.67. The van der Waals surface area contributed by atoms with Crippen molar-refractivity contribution in [1.82, 2.24) is 0 Å². The van der Waals surface area contributed by atoms with E-state index in [1.54, 1.807) is 49.4 Å². The van der Waals surface area contributed by atoms with Crippen LogP contribution in [0.2, 0.25) is 5.02 Å². The number of phenolic OH excluding ortho intramolecular Hbond substituents is 1. The molecule has 3 aromatic carbocycles. The number of halogens is 2. The minimum absolute atomic E-state index is 0.126. The molecule has 0 radical (unpaired) electrons. The number of nitrogens with zero attached hydrogens (tertiary/aromatic N) is 2. The number of ether oxygens (including phenoxy) is 2. The van der Waals surface area contributed by atoms with Crippen molar-refractivity contribution >= 4 is 58.5 Å². The number of rotatable bonds is 7. The quantitative estimate of drug-likeness (QED) is 0.170. The van der Waals surface area contributed by atoms with Crippen LogP contribution in [0.4, 0.5) is 15.8 Å². The third-order valence-corrected chi connectivity index (χ3v) is 11.3. The number of fused-ring (bicyclic) bond motifs is 4. The standard InChI is InChI=1S/C39H34ClFN2O8/c1-19(44)21-6-8-22(9-7-21)42-35(46)25-12-11-24-26(33(25)37(42)48)18-28-36(47)43(23-10-14-30(41)29(40)17-23)38(49)39(28,2)27(24)13-5-20-15-31(50-3)34(45)32(16-20)51-4/h5-11,13-17,25-28,33,45H,12,18H2,1-4H3. The van der Waals surface area contributed by atoms with Gasteiger partial charge >= 0.3 is 0 Å². The predicted octanol–water partition coefficient (Wildman–Crippen LogP) is 6.39. The van der Waals surface area contributed by atoms with Gasteiger partial charge in [-0.15, -0.1) is 0 Å².